The van der Waals surface area contributed by atoms with Crippen LogP contribution in [0.4, 0.5) is 0 Å². The first-order valence-electron chi connectivity index (χ1n) is 7.63. The van der Waals surface area contributed by atoms with Gasteiger partial charge in [-0.3, -0.25) is 0 Å². The lowest BCUT2D eigenvalue weighted by atomic mass is 10.0. The van der Waals surface area contributed by atoms with Gasteiger partial charge in [-0.25, -0.2) is 4.98 Å². The molecular formula is C17H25N3O. The summed E-state index contributed by atoms with van der Waals surface area (Å²) in [5.74, 6) is 0.986. The molecule has 4 heteroatoms. The molecule has 1 atom stereocenters. The summed E-state index contributed by atoms with van der Waals surface area (Å²) in [5, 5.41) is 3.45. The summed E-state index contributed by atoms with van der Waals surface area (Å²) in [6.07, 6.45) is 6.59. The third kappa shape index (κ3) is 4.60. The SMILES string of the molecule is CCNC(C)c1cc(C)ccc1OCCCn1ccnc1. The number of aromatic nitrogens is 2. The van der Waals surface area contributed by atoms with Gasteiger partial charge in [-0.05, 0) is 32.9 Å². The quantitative estimate of drug-likeness (QED) is 0.757. The maximum atomic E-state index is 5.98. The fourth-order valence-electron chi connectivity index (χ4n) is 2.40. The minimum atomic E-state index is 0.304. The zero-order valence-corrected chi connectivity index (χ0v) is 13.2. The van der Waals surface area contributed by atoms with Crippen LogP contribution >= 0.6 is 0 Å². The lowest BCUT2D eigenvalue weighted by Crippen LogP contribution is -2.19. The number of hydrogen-bond acceptors (Lipinski definition) is 3. The topological polar surface area (TPSA) is 39.1 Å². The molecular weight excluding hydrogens is 262 g/mol. The Hall–Kier alpha value is -1.81. The van der Waals surface area contributed by atoms with Gasteiger partial charge in [-0.1, -0.05) is 24.6 Å². The van der Waals surface area contributed by atoms with Crippen LogP contribution in [-0.2, 0) is 6.54 Å². The van der Waals surface area contributed by atoms with Gasteiger partial charge in [0.05, 0.1) is 12.9 Å². The Morgan fingerprint density at radius 1 is 1.38 bits per heavy atom. The van der Waals surface area contributed by atoms with Gasteiger partial charge in [-0.2, -0.15) is 0 Å². The van der Waals surface area contributed by atoms with Crippen molar-refractivity contribution in [1.29, 1.82) is 0 Å². The minimum Gasteiger partial charge on any atom is -0.493 e. The molecule has 0 radical (unpaired) electrons. The predicted octanol–water partition coefficient (Wildman–Crippen LogP) is 3.33. The second-order valence-electron chi connectivity index (χ2n) is 5.32. The molecule has 0 aliphatic carbocycles. The van der Waals surface area contributed by atoms with E-state index in [0.29, 0.717) is 12.6 Å². The molecule has 0 saturated heterocycles. The van der Waals surface area contributed by atoms with Crippen LogP contribution in [0.2, 0.25) is 0 Å². The number of benzene rings is 1. The van der Waals surface area contributed by atoms with Crippen molar-refractivity contribution in [3.05, 3.63) is 48.0 Å². The molecule has 0 fully saturated rings. The first-order valence-corrected chi connectivity index (χ1v) is 7.63. The largest absolute Gasteiger partial charge is 0.493 e. The van der Waals surface area contributed by atoms with E-state index in [1.165, 1.54) is 11.1 Å². The number of hydrogen-bond donors (Lipinski definition) is 1. The summed E-state index contributed by atoms with van der Waals surface area (Å²) in [5.41, 5.74) is 2.50. The third-order valence-corrected chi connectivity index (χ3v) is 3.52. The second kappa shape index (κ2) is 7.84. The summed E-state index contributed by atoms with van der Waals surface area (Å²) in [7, 11) is 0. The molecule has 114 valence electrons. The maximum absolute atomic E-state index is 5.98. The number of nitrogens with zero attached hydrogens (tertiary/aromatic N) is 2. The molecule has 0 spiro atoms. The Bertz CT molecular complexity index is 537. The van der Waals surface area contributed by atoms with E-state index in [1.807, 2.05) is 12.5 Å². The number of nitrogens with one attached hydrogen (secondary N) is 1. The Morgan fingerprint density at radius 2 is 2.24 bits per heavy atom. The molecule has 0 bridgehead atoms. The molecule has 0 saturated carbocycles. The van der Waals surface area contributed by atoms with E-state index in [1.54, 1.807) is 6.20 Å². The highest BCUT2D eigenvalue weighted by Crippen LogP contribution is 2.26. The van der Waals surface area contributed by atoms with Crippen molar-refractivity contribution in [3.63, 3.8) is 0 Å². The molecule has 1 heterocycles. The maximum Gasteiger partial charge on any atom is 0.124 e. The fraction of sp³-hybridized carbons (Fsp3) is 0.471. The normalized spacial score (nSPS) is 12.3. The van der Waals surface area contributed by atoms with Gasteiger partial charge in [0.25, 0.3) is 0 Å². The summed E-state index contributed by atoms with van der Waals surface area (Å²) in [6, 6.07) is 6.69. The number of rotatable bonds is 8. The Labute approximate surface area is 127 Å². The van der Waals surface area contributed by atoms with Gasteiger partial charge in [0.15, 0.2) is 0 Å². The highest BCUT2D eigenvalue weighted by Gasteiger charge is 2.11. The van der Waals surface area contributed by atoms with Crippen molar-refractivity contribution in [3.8, 4) is 5.75 Å². The third-order valence-electron chi connectivity index (χ3n) is 3.52. The van der Waals surface area contributed by atoms with Gasteiger partial charge in [0.1, 0.15) is 5.75 Å². The van der Waals surface area contributed by atoms with E-state index in [2.05, 4.69) is 53.8 Å². The van der Waals surface area contributed by atoms with E-state index in [-0.39, 0.29) is 0 Å². The molecule has 21 heavy (non-hydrogen) atoms. The molecule has 4 nitrogen and oxygen atoms in total. The van der Waals surface area contributed by atoms with Crippen molar-refractivity contribution in [2.75, 3.05) is 13.2 Å². The van der Waals surface area contributed by atoms with Crippen LogP contribution in [0.5, 0.6) is 5.75 Å². The van der Waals surface area contributed by atoms with Crippen LogP contribution in [0.1, 0.15) is 37.4 Å². The van der Waals surface area contributed by atoms with Gasteiger partial charge in [0.2, 0.25) is 0 Å². The average Bonchev–Trinajstić information content (AvgIpc) is 2.98. The van der Waals surface area contributed by atoms with Crippen LogP contribution < -0.4 is 10.1 Å². The lowest BCUT2D eigenvalue weighted by molar-refractivity contribution is 0.296. The first-order chi connectivity index (χ1) is 10.2. The van der Waals surface area contributed by atoms with Gasteiger partial charge in [0, 0.05) is 30.5 Å². The average molecular weight is 287 g/mol. The smallest absolute Gasteiger partial charge is 0.124 e. The number of aryl methyl sites for hydroxylation is 2. The van der Waals surface area contributed by atoms with Crippen LogP contribution in [-0.4, -0.2) is 22.7 Å². The van der Waals surface area contributed by atoms with Crippen molar-refractivity contribution >= 4 is 0 Å². The molecule has 2 rings (SSSR count). The van der Waals surface area contributed by atoms with Gasteiger partial charge < -0.3 is 14.6 Å². The monoisotopic (exact) mass is 287 g/mol. The van der Waals surface area contributed by atoms with Crippen molar-refractivity contribution in [2.45, 2.75) is 39.8 Å². The number of ether oxygens (including phenoxy) is 1. The molecule has 0 aliphatic heterocycles. The van der Waals surface area contributed by atoms with Crippen LogP contribution in [0.25, 0.3) is 0 Å². The van der Waals surface area contributed by atoms with Gasteiger partial charge in [-0.15, -0.1) is 0 Å². The first kappa shape index (κ1) is 15.6. The summed E-state index contributed by atoms with van der Waals surface area (Å²) >= 11 is 0. The van der Waals surface area contributed by atoms with E-state index in [0.717, 1.165) is 25.3 Å². The molecule has 1 N–H and O–H groups in total. The lowest BCUT2D eigenvalue weighted by Gasteiger charge is -2.18. The zero-order valence-electron chi connectivity index (χ0n) is 13.2. The minimum absolute atomic E-state index is 0.304. The predicted molar refractivity (Wildman–Crippen MR) is 85.6 cm³/mol. The van der Waals surface area contributed by atoms with E-state index >= 15 is 0 Å². The van der Waals surface area contributed by atoms with E-state index in [9.17, 15) is 0 Å². The van der Waals surface area contributed by atoms with E-state index in [4.69, 9.17) is 4.74 Å². The molecule has 0 aliphatic rings. The summed E-state index contributed by atoms with van der Waals surface area (Å²) in [6.45, 7) is 9.02. The van der Waals surface area contributed by atoms with Crippen LogP contribution in [0.3, 0.4) is 0 Å². The highest BCUT2D eigenvalue weighted by atomic mass is 16.5. The van der Waals surface area contributed by atoms with Crippen molar-refractivity contribution < 1.29 is 4.74 Å². The Balaban J connectivity index is 1.92. The van der Waals surface area contributed by atoms with E-state index < -0.39 is 0 Å². The molecule has 1 unspecified atom stereocenters. The van der Waals surface area contributed by atoms with Crippen LogP contribution in [0.15, 0.2) is 36.9 Å². The molecule has 0 amide bonds. The fourth-order valence-corrected chi connectivity index (χ4v) is 2.40. The molecule has 1 aromatic heterocycles. The number of imidazole rings is 1. The van der Waals surface area contributed by atoms with Crippen LogP contribution in [0, 0.1) is 6.92 Å². The van der Waals surface area contributed by atoms with Crippen molar-refractivity contribution in [1.82, 2.24) is 14.9 Å². The van der Waals surface area contributed by atoms with Crippen molar-refractivity contribution in [2.24, 2.45) is 0 Å². The second-order valence-corrected chi connectivity index (χ2v) is 5.32. The summed E-state index contributed by atoms with van der Waals surface area (Å²) < 4.78 is 8.05. The van der Waals surface area contributed by atoms with Gasteiger partial charge >= 0.3 is 0 Å². The Kier molecular flexibility index (Phi) is 5.81. The summed E-state index contributed by atoms with van der Waals surface area (Å²) in [4.78, 5) is 4.04. The zero-order chi connectivity index (χ0) is 15.1. The highest BCUT2D eigenvalue weighted by molar-refractivity contribution is 5.38. The molecule has 2 aromatic rings. The molecule has 1 aromatic carbocycles. The Morgan fingerprint density at radius 3 is 2.95 bits per heavy atom. The standard InChI is InChI=1S/C17H25N3O/c1-4-19-15(3)16-12-14(2)6-7-17(16)21-11-5-9-20-10-8-18-13-20/h6-8,10,12-13,15,19H,4-5,9,11H2,1-3H3.